The predicted molar refractivity (Wildman–Crippen MR) is 141 cm³/mol. The number of aromatic nitrogens is 2. The van der Waals surface area contributed by atoms with Gasteiger partial charge in [-0.2, -0.15) is 5.10 Å². The lowest BCUT2D eigenvalue weighted by atomic mass is 9.92. The summed E-state index contributed by atoms with van der Waals surface area (Å²) in [7, 11) is 1.92. The van der Waals surface area contributed by atoms with Crippen LogP contribution in [0.1, 0.15) is 61.2 Å². The third-order valence-corrected chi connectivity index (χ3v) is 6.68. The fraction of sp³-hybridized carbons (Fsp3) is 0.233. The molecule has 3 aromatic carbocycles. The van der Waals surface area contributed by atoms with Gasteiger partial charge >= 0.3 is 11.9 Å². The molecule has 0 unspecified atom stereocenters. The first-order valence-corrected chi connectivity index (χ1v) is 12.1. The maximum Gasteiger partial charge on any atom is 0.336 e. The summed E-state index contributed by atoms with van der Waals surface area (Å²) in [5, 5.41) is 23.5. The molecule has 4 aromatic rings. The van der Waals surface area contributed by atoms with Gasteiger partial charge in [0.1, 0.15) is 12.4 Å². The van der Waals surface area contributed by atoms with Gasteiger partial charge in [0.25, 0.3) is 0 Å². The molecule has 0 radical (unpaired) electrons. The second kappa shape index (κ2) is 10.7. The second-order valence-corrected chi connectivity index (χ2v) is 9.13. The number of rotatable bonds is 9. The molecule has 0 amide bonds. The molecule has 190 valence electrons. The minimum atomic E-state index is -1.16. The second-order valence-electron chi connectivity index (χ2n) is 9.13. The van der Waals surface area contributed by atoms with Crippen LogP contribution in [0.4, 0.5) is 0 Å². The van der Waals surface area contributed by atoms with E-state index in [2.05, 4.69) is 18.1 Å². The van der Waals surface area contributed by atoms with Crippen molar-refractivity contribution in [3.05, 3.63) is 105 Å². The summed E-state index contributed by atoms with van der Waals surface area (Å²) in [6.07, 6.45) is 1.15. The van der Waals surface area contributed by atoms with E-state index in [4.69, 9.17) is 4.74 Å². The van der Waals surface area contributed by atoms with Crippen molar-refractivity contribution < 1.29 is 24.5 Å². The molecule has 0 saturated heterocycles. The summed E-state index contributed by atoms with van der Waals surface area (Å²) in [4.78, 5) is 23.2. The van der Waals surface area contributed by atoms with E-state index in [0.29, 0.717) is 18.6 Å². The molecule has 4 rings (SSSR count). The zero-order chi connectivity index (χ0) is 26.7. The topological polar surface area (TPSA) is 102 Å². The average molecular weight is 499 g/mol. The normalized spacial score (nSPS) is 10.9. The van der Waals surface area contributed by atoms with E-state index >= 15 is 0 Å². The minimum absolute atomic E-state index is 0.00939. The minimum Gasteiger partial charge on any atom is -0.489 e. The van der Waals surface area contributed by atoms with Crippen LogP contribution in [0.25, 0.3) is 11.3 Å². The number of hydrogen-bond donors (Lipinski definition) is 2. The van der Waals surface area contributed by atoms with Gasteiger partial charge in [0.15, 0.2) is 0 Å². The highest BCUT2D eigenvalue weighted by atomic mass is 16.5. The highest BCUT2D eigenvalue weighted by Gasteiger charge is 2.17. The van der Waals surface area contributed by atoms with Gasteiger partial charge in [-0.05, 0) is 90.9 Å². The van der Waals surface area contributed by atoms with Crippen LogP contribution < -0.4 is 4.74 Å². The summed E-state index contributed by atoms with van der Waals surface area (Å²) in [5.74, 6) is -1.54. The lowest BCUT2D eigenvalue weighted by molar-refractivity contribution is 0.0695. The molecule has 0 atom stereocenters. The van der Waals surface area contributed by atoms with Gasteiger partial charge in [-0.3, -0.25) is 4.68 Å². The lowest BCUT2D eigenvalue weighted by Gasteiger charge is -2.17. The van der Waals surface area contributed by atoms with Crippen molar-refractivity contribution in [2.45, 2.75) is 40.2 Å². The monoisotopic (exact) mass is 498 g/mol. The van der Waals surface area contributed by atoms with Crippen LogP contribution in [0.2, 0.25) is 0 Å². The van der Waals surface area contributed by atoms with Crippen LogP contribution in [0.3, 0.4) is 0 Å². The molecule has 0 saturated carbocycles. The van der Waals surface area contributed by atoms with Crippen LogP contribution >= 0.6 is 0 Å². The predicted octanol–water partition coefficient (Wildman–Crippen LogP) is 5.83. The van der Waals surface area contributed by atoms with Crippen LogP contribution in [0.5, 0.6) is 5.75 Å². The van der Waals surface area contributed by atoms with E-state index in [9.17, 15) is 19.8 Å². The molecule has 1 heterocycles. The highest BCUT2D eigenvalue weighted by Crippen LogP contribution is 2.28. The number of nitrogens with zero attached hydrogens (tertiary/aromatic N) is 2. The Hall–Kier alpha value is -4.39. The zero-order valence-corrected chi connectivity index (χ0v) is 21.4. The van der Waals surface area contributed by atoms with Gasteiger partial charge in [-0.15, -0.1) is 0 Å². The summed E-state index contributed by atoms with van der Waals surface area (Å²) < 4.78 is 8.12. The van der Waals surface area contributed by atoms with Crippen LogP contribution in [-0.4, -0.2) is 31.9 Å². The average Bonchev–Trinajstić information content (AvgIpc) is 3.21. The van der Waals surface area contributed by atoms with Crippen molar-refractivity contribution in [3.63, 3.8) is 0 Å². The van der Waals surface area contributed by atoms with Crippen molar-refractivity contribution in [2.75, 3.05) is 0 Å². The summed E-state index contributed by atoms with van der Waals surface area (Å²) in [6, 6.07) is 18.3. The van der Waals surface area contributed by atoms with Gasteiger partial charge in [-0.1, -0.05) is 31.2 Å². The molecule has 1 aromatic heterocycles. The summed E-state index contributed by atoms with van der Waals surface area (Å²) in [5.41, 5.74) is 7.58. The Bertz CT molecular complexity index is 1470. The van der Waals surface area contributed by atoms with Gasteiger partial charge < -0.3 is 14.9 Å². The van der Waals surface area contributed by atoms with E-state index in [-0.39, 0.29) is 11.1 Å². The number of carboxylic acids is 2. The quantitative estimate of drug-likeness (QED) is 0.301. The van der Waals surface area contributed by atoms with Crippen LogP contribution in [0, 0.1) is 13.8 Å². The van der Waals surface area contributed by atoms with Crippen LogP contribution in [0.15, 0.2) is 60.7 Å². The number of ether oxygens (including phenoxy) is 1. The first kappa shape index (κ1) is 25.7. The molecule has 0 aliphatic rings. The van der Waals surface area contributed by atoms with E-state index in [1.807, 2.05) is 62.0 Å². The number of hydrogen-bond acceptors (Lipinski definition) is 4. The summed E-state index contributed by atoms with van der Waals surface area (Å²) in [6.45, 7) is 6.42. The molecule has 37 heavy (non-hydrogen) atoms. The molecule has 2 N–H and O–H groups in total. The number of benzene rings is 3. The van der Waals surface area contributed by atoms with Crippen molar-refractivity contribution in [1.29, 1.82) is 0 Å². The third kappa shape index (κ3) is 5.56. The molecule has 7 heteroatoms. The fourth-order valence-electron chi connectivity index (χ4n) is 4.46. The molecule has 0 bridgehead atoms. The Morgan fingerprint density at radius 2 is 1.68 bits per heavy atom. The fourth-order valence-corrected chi connectivity index (χ4v) is 4.46. The molecular weight excluding hydrogens is 468 g/mol. The molecule has 0 spiro atoms. The maximum absolute atomic E-state index is 11.9. The van der Waals surface area contributed by atoms with Crippen LogP contribution in [-0.2, 0) is 26.5 Å². The zero-order valence-electron chi connectivity index (χ0n) is 21.4. The number of aromatic carboxylic acids is 2. The SMILES string of the molecule is CCc1cccc(Cc2ccc(C(=O)O)cc2C(=O)O)c1COc1ccc(-c2cc(C)n(C)n2)cc1C. The number of carboxylic acid groups (broad SMARTS) is 2. The van der Waals surface area contributed by atoms with Crippen molar-refractivity contribution in [2.24, 2.45) is 7.05 Å². The van der Waals surface area contributed by atoms with Crippen molar-refractivity contribution >= 4 is 11.9 Å². The van der Waals surface area contributed by atoms with E-state index in [0.717, 1.165) is 51.4 Å². The highest BCUT2D eigenvalue weighted by molar-refractivity contribution is 5.95. The molecule has 0 aliphatic heterocycles. The van der Waals surface area contributed by atoms with E-state index in [1.165, 1.54) is 12.1 Å². The smallest absolute Gasteiger partial charge is 0.336 e. The van der Waals surface area contributed by atoms with Gasteiger partial charge in [0, 0.05) is 18.3 Å². The first-order valence-electron chi connectivity index (χ1n) is 12.1. The van der Waals surface area contributed by atoms with Gasteiger partial charge in [-0.25, -0.2) is 9.59 Å². The maximum atomic E-state index is 11.9. The third-order valence-electron chi connectivity index (χ3n) is 6.68. The first-order chi connectivity index (χ1) is 17.7. The molecular formula is C30H30N2O5. The van der Waals surface area contributed by atoms with E-state index < -0.39 is 11.9 Å². The van der Waals surface area contributed by atoms with Gasteiger partial charge in [0.05, 0.1) is 16.8 Å². The largest absolute Gasteiger partial charge is 0.489 e. The summed E-state index contributed by atoms with van der Waals surface area (Å²) >= 11 is 0. The van der Waals surface area contributed by atoms with Crippen molar-refractivity contribution in [1.82, 2.24) is 9.78 Å². The Labute approximate surface area is 216 Å². The molecule has 0 aliphatic carbocycles. The molecule has 0 fully saturated rings. The molecule has 7 nitrogen and oxygen atoms in total. The van der Waals surface area contributed by atoms with E-state index in [1.54, 1.807) is 6.07 Å². The Kier molecular flexibility index (Phi) is 7.43. The Morgan fingerprint density at radius 1 is 0.919 bits per heavy atom. The van der Waals surface area contributed by atoms with Gasteiger partial charge in [0.2, 0.25) is 0 Å². The lowest BCUT2D eigenvalue weighted by Crippen LogP contribution is -2.09. The number of carbonyl (C=O) groups is 2. The Balaban J connectivity index is 1.61. The number of aryl methyl sites for hydroxylation is 4. The standard InChI is InChI=1S/C30H30N2O5/c1-5-20-7-6-8-21(15-22-9-10-24(29(33)34)16-25(22)30(35)36)26(20)17-37-28-12-11-23(13-18(28)2)27-14-19(3)32(4)31-27/h6-14,16H,5,15,17H2,1-4H3,(H,33,34)(H,35,36). The van der Waals surface area contributed by atoms with Crippen molar-refractivity contribution in [3.8, 4) is 17.0 Å². The Morgan fingerprint density at radius 3 is 2.30 bits per heavy atom.